The Labute approximate surface area is 152 Å². The molecule has 26 heavy (non-hydrogen) atoms. The van der Waals surface area contributed by atoms with Crippen molar-refractivity contribution in [3.05, 3.63) is 12.7 Å². The fourth-order valence-corrected chi connectivity index (χ4v) is 3.18. The smallest absolute Gasteiger partial charge is 0.184 e. The lowest BCUT2D eigenvalue weighted by Crippen LogP contribution is -2.35. The van der Waals surface area contributed by atoms with Gasteiger partial charge < -0.3 is 19.8 Å². The van der Waals surface area contributed by atoms with Gasteiger partial charge in [0.2, 0.25) is 0 Å². The molecule has 1 saturated heterocycles. The first-order chi connectivity index (χ1) is 12.4. The lowest BCUT2D eigenvalue weighted by atomic mass is 10.2. The first kappa shape index (κ1) is 18.7. The van der Waals surface area contributed by atoms with Gasteiger partial charge in [-0.3, -0.25) is 4.57 Å². The number of hydrogen-bond donors (Lipinski definition) is 2. The molecule has 2 N–H and O–H groups in total. The molecule has 1 aliphatic rings. The van der Waals surface area contributed by atoms with Crippen LogP contribution >= 0.6 is 0 Å². The first-order valence-electron chi connectivity index (χ1n) is 8.86. The molecule has 0 aromatic carbocycles. The van der Waals surface area contributed by atoms with Crippen molar-refractivity contribution in [2.24, 2.45) is 4.99 Å². The zero-order valence-electron chi connectivity index (χ0n) is 15.5. The Morgan fingerprint density at radius 3 is 2.65 bits per heavy atom. The Morgan fingerprint density at radius 1 is 1.31 bits per heavy atom. The summed E-state index contributed by atoms with van der Waals surface area (Å²) in [4.78, 5) is 19.6. The van der Waals surface area contributed by atoms with E-state index in [4.69, 9.17) is 4.74 Å². The van der Waals surface area contributed by atoms with Crippen molar-refractivity contribution < 1.29 is 14.9 Å². The summed E-state index contributed by atoms with van der Waals surface area (Å²) in [6.07, 6.45) is 3.47. The van der Waals surface area contributed by atoms with E-state index >= 15 is 0 Å². The van der Waals surface area contributed by atoms with Crippen molar-refractivity contribution >= 4 is 23.3 Å². The molecular formula is C17H26N6O3. The van der Waals surface area contributed by atoms with Crippen LogP contribution in [0.3, 0.4) is 0 Å². The van der Waals surface area contributed by atoms with Crippen LogP contribution in [0, 0.1) is 0 Å². The molecule has 9 nitrogen and oxygen atoms in total. The number of nitrogens with zero attached hydrogens (tertiary/aromatic N) is 6. The maximum absolute atomic E-state index is 9.95. The van der Waals surface area contributed by atoms with Gasteiger partial charge in [0, 0.05) is 18.5 Å². The number of aromatic nitrogens is 4. The number of fused-ring (bicyclic) bond motifs is 1. The Bertz CT molecular complexity index is 767. The summed E-state index contributed by atoms with van der Waals surface area (Å²) in [7, 11) is 0. The second kappa shape index (κ2) is 7.65. The van der Waals surface area contributed by atoms with Crippen molar-refractivity contribution in [1.82, 2.24) is 24.4 Å². The van der Waals surface area contributed by atoms with Gasteiger partial charge in [0.25, 0.3) is 0 Å². The van der Waals surface area contributed by atoms with Gasteiger partial charge >= 0.3 is 0 Å². The molecule has 2 aromatic rings. The van der Waals surface area contributed by atoms with Crippen LogP contribution in [0.1, 0.15) is 40.3 Å². The van der Waals surface area contributed by atoms with E-state index in [9.17, 15) is 10.2 Å². The minimum absolute atomic E-state index is 0.227. The lowest BCUT2D eigenvalue weighted by Gasteiger charge is -2.27. The maximum atomic E-state index is 9.95. The number of imidazole rings is 1. The van der Waals surface area contributed by atoms with Crippen LogP contribution in [0.15, 0.2) is 17.6 Å². The van der Waals surface area contributed by atoms with E-state index in [1.165, 1.54) is 6.33 Å². The minimum Gasteiger partial charge on any atom is -0.394 e. The molecule has 2 aromatic heterocycles. The van der Waals surface area contributed by atoms with Gasteiger partial charge in [-0.1, -0.05) is 0 Å². The third-order valence-electron chi connectivity index (χ3n) is 4.54. The number of rotatable bonds is 6. The average molecular weight is 362 g/mol. The van der Waals surface area contributed by atoms with Crippen LogP contribution in [0.4, 0.5) is 5.82 Å². The van der Waals surface area contributed by atoms with Crippen molar-refractivity contribution in [2.75, 3.05) is 6.61 Å². The van der Waals surface area contributed by atoms with Crippen molar-refractivity contribution in [3.63, 3.8) is 0 Å². The number of ether oxygens (including phenoxy) is 1. The summed E-state index contributed by atoms with van der Waals surface area (Å²) in [5.41, 5.74) is 1.16. The molecule has 0 bridgehead atoms. The largest absolute Gasteiger partial charge is 0.394 e. The Morgan fingerprint density at radius 2 is 2.04 bits per heavy atom. The molecule has 0 spiro atoms. The molecule has 142 valence electrons. The Balaban J connectivity index is 1.90. The summed E-state index contributed by atoms with van der Waals surface area (Å²) in [5.74, 6) is 0.484. The van der Waals surface area contributed by atoms with Gasteiger partial charge in [-0.05, 0) is 27.7 Å². The van der Waals surface area contributed by atoms with Gasteiger partial charge in [0.05, 0.1) is 25.4 Å². The summed E-state index contributed by atoms with van der Waals surface area (Å²) < 4.78 is 7.44. The topological polar surface area (TPSA) is 109 Å². The molecule has 3 heterocycles. The van der Waals surface area contributed by atoms with Gasteiger partial charge in [-0.25, -0.2) is 19.9 Å². The Hall–Kier alpha value is -2.10. The van der Waals surface area contributed by atoms with Gasteiger partial charge in [-0.2, -0.15) is 0 Å². The number of aliphatic hydroxyl groups excluding tert-OH is 2. The van der Waals surface area contributed by atoms with Crippen LogP contribution in [-0.2, 0) is 4.74 Å². The number of aliphatic imine (C=N–C) groups is 1. The van der Waals surface area contributed by atoms with Crippen molar-refractivity contribution in [2.45, 2.75) is 64.6 Å². The van der Waals surface area contributed by atoms with Crippen LogP contribution in [0.5, 0.6) is 0 Å². The van der Waals surface area contributed by atoms with Crippen molar-refractivity contribution in [1.29, 1.82) is 0 Å². The first-order valence-corrected chi connectivity index (χ1v) is 8.86. The van der Waals surface area contributed by atoms with Crippen LogP contribution < -0.4 is 0 Å². The summed E-state index contributed by atoms with van der Waals surface area (Å²) >= 11 is 0. The molecule has 9 heteroatoms. The van der Waals surface area contributed by atoms with E-state index in [2.05, 4.69) is 52.5 Å². The highest BCUT2D eigenvalue weighted by molar-refractivity contribution is 5.83. The van der Waals surface area contributed by atoms with Gasteiger partial charge in [-0.15, -0.1) is 0 Å². The zero-order chi connectivity index (χ0) is 18.8. The van der Waals surface area contributed by atoms with Crippen LogP contribution in [0.2, 0.25) is 0 Å². The van der Waals surface area contributed by atoms with E-state index in [1.54, 1.807) is 17.2 Å². The molecule has 0 aliphatic carbocycles. The fourth-order valence-electron chi connectivity index (χ4n) is 3.18. The van der Waals surface area contributed by atoms with E-state index in [1.807, 2.05) is 0 Å². The second-order valence-corrected chi connectivity index (χ2v) is 7.02. The number of aliphatic hydroxyl groups is 2. The molecule has 0 saturated carbocycles. The van der Waals surface area contributed by atoms with E-state index < -0.39 is 18.4 Å². The SMILES string of the molecule is CC(C)N(C=Nc1ncnc2c1ncn2C1CC(O)C(CO)O1)C(C)C. The molecule has 3 rings (SSSR count). The fraction of sp³-hybridized carbons (Fsp3) is 0.647. The molecular weight excluding hydrogens is 336 g/mol. The van der Waals surface area contributed by atoms with E-state index in [-0.39, 0.29) is 6.61 Å². The zero-order valence-corrected chi connectivity index (χ0v) is 15.5. The molecule has 3 unspecified atom stereocenters. The molecule has 0 amide bonds. The third kappa shape index (κ3) is 3.55. The molecule has 3 atom stereocenters. The monoisotopic (exact) mass is 362 g/mol. The van der Waals surface area contributed by atoms with Gasteiger partial charge in [0.15, 0.2) is 17.0 Å². The van der Waals surface area contributed by atoms with Gasteiger partial charge in [0.1, 0.15) is 18.7 Å². The summed E-state index contributed by atoms with van der Waals surface area (Å²) in [6.45, 7) is 8.20. The standard InChI is InChI=1S/C17H26N6O3/c1-10(2)22(11(3)4)9-21-16-15-17(19-7-18-16)23(8-20-15)14-5-12(25)13(6-24)26-14/h7-14,24-25H,5-6H2,1-4H3. The normalized spacial score (nSPS) is 23.8. The summed E-state index contributed by atoms with van der Waals surface area (Å²) in [5, 5.41) is 19.2. The highest BCUT2D eigenvalue weighted by Crippen LogP contribution is 2.31. The Kier molecular flexibility index (Phi) is 5.49. The predicted octanol–water partition coefficient (Wildman–Crippen LogP) is 1.25. The van der Waals surface area contributed by atoms with Crippen molar-refractivity contribution in [3.8, 4) is 0 Å². The summed E-state index contributed by atoms with van der Waals surface area (Å²) in [6, 6.07) is 0.634. The highest BCUT2D eigenvalue weighted by atomic mass is 16.5. The second-order valence-electron chi connectivity index (χ2n) is 7.02. The van der Waals surface area contributed by atoms with Crippen LogP contribution in [-0.4, -0.2) is 71.9 Å². The quantitative estimate of drug-likeness (QED) is 0.588. The molecule has 1 fully saturated rings. The highest BCUT2D eigenvalue weighted by Gasteiger charge is 2.35. The molecule has 1 aliphatic heterocycles. The predicted molar refractivity (Wildman–Crippen MR) is 97.2 cm³/mol. The van der Waals surface area contributed by atoms with E-state index in [0.29, 0.717) is 35.5 Å². The minimum atomic E-state index is -0.715. The average Bonchev–Trinajstić information content (AvgIpc) is 3.17. The van der Waals surface area contributed by atoms with Crippen LogP contribution in [0.25, 0.3) is 11.2 Å². The molecule has 0 radical (unpaired) electrons. The lowest BCUT2D eigenvalue weighted by molar-refractivity contribution is -0.0432. The third-order valence-corrected chi connectivity index (χ3v) is 4.54. The van der Waals surface area contributed by atoms with E-state index in [0.717, 1.165) is 0 Å². The number of hydrogen-bond acceptors (Lipinski definition) is 7. The maximum Gasteiger partial charge on any atom is 0.184 e.